The summed E-state index contributed by atoms with van der Waals surface area (Å²) in [5.41, 5.74) is 3.80. The van der Waals surface area contributed by atoms with E-state index in [1.807, 2.05) is 67.7 Å². The van der Waals surface area contributed by atoms with Crippen LogP contribution in [0.2, 0.25) is 0 Å². The highest BCUT2D eigenvalue weighted by atomic mass is 16.3. The molecule has 1 aromatic heterocycles. The van der Waals surface area contributed by atoms with Gasteiger partial charge in [0.2, 0.25) is 0 Å². The predicted molar refractivity (Wildman–Crippen MR) is 78.8 cm³/mol. The van der Waals surface area contributed by atoms with Crippen LogP contribution in [0.15, 0.2) is 67.0 Å². The lowest BCUT2D eigenvalue weighted by molar-refractivity contribution is 0.220. The van der Waals surface area contributed by atoms with Gasteiger partial charge in [-0.05, 0) is 24.6 Å². The maximum absolute atomic E-state index is 10.4. The van der Waals surface area contributed by atoms with Gasteiger partial charge >= 0.3 is 0 Å². The summed E-state index contributed by atoms with van der Waals surface area (Å²) < 4.78 is 1.77. The minimum absolute atomic E-state index is 0.646. The molecule has 20 heavy (non-hydrogen) atoms. The Balaban J connectivity index is 1.90. The number of para-hydroxylation sites is 1. The van der Waals surface area contributed by atoms with Gasteiger partial charge in [-0.25, -0.2) is 4.68 Å². The van der Waals surface area contributed by atoms with Crippen LogP contribution in [0.3, 0.4) is 0 Å². The Bertz CT molecular complexity index is 704. The van der Waals surface area contributed by atoms with E-state index >= 15 is 0 Å². The van der Waals surface area contributed by atoms with Crippen LogP contribution in [-0.2, 0) is 0 Å². The molecule has 0 spiro atoms. The lowest BCUT2D eigenvalue weighted by Gasteiger charge is -2.09. The average molecular weight is 264 g/mol. The summed E-state index contributed by atoms with van der Waals surface area (Å²) in [6, 6.07) is 17.8. The Morgan fingerprint density at radius 1 is 1.00 bits per heavy atom. The predicted octanol–water partition coefficient (Wildman–Crippen LogP) is 3.26. The van der Waals surface area contributed by atoms with Crippen LogP contribution >= 0.6 is 0 Å². The van der Waals surface area contributed by atoms with Gasteiger partial charge in [-0.3, -0.25) is 0 Å². The molecule has 0 aliphatic rings. The fourth-order valence-electron chi connectivity index (χ4n) is 2.23. The Morgan fingerprint density at radius 3 is 2.55 bits per heavy atom. The van der Waals surface area contributed by atoms with Crippen molar-refractivity contribution in [2.45, 2.75) is 13.0 Å². The standard InChI is InChI=1S/C17H16N2O/c1-13-6-5-7-14(10-13)17(20)15-11-18-19(12-15)16-8-3-2-4-9-16/h2-12,17,20H,1H3. The first-order chi connectivity index (χ1) is 9.74. The fraction of sp³-hybridized carbons (Fsp3) is 0.118. The van der Waals surface area contributed by atoms with E-state index < -0.39 is 6.10 Å². The maximum Gasteiger partial charge on any atom is 0.107 e. The molecule has 0 fully saturated rings. The van der Waals surface area contributed by atoms with E-state index in [-0.39, 0.29) is 0 Å². The van der Waals surface area contributed by atoms with Crippen LogP contribution in [0.1, 0.15) is 22.8 Å². The number of benzene rings is 2. The van der Waals surface area contributed by atoms with Crippen LogP contribution < -0.4 is 0 Å². The summed E-state index contributed by atoms with van der Waals surface area (Å²) in [5, 5.41) is 14.7. The highest BCUT2D eigenvalue weighted by Crippen LogP contribution is 2.22. The third kappa shape index (κ3) is 2.49. The van der Waals surface area contributed by atoms with Gasteiger partial charge in [-0.15, -0.1) is 0 Å². The molecule has 3 nitrogen and oxygen atoms in total. The molecule has 1 unspecified atom stereocenters. The van der Waals surface area contributed by atoms with Gasteiger partial charge in [0.15, 0.2) is 0 Å². The van der Waals surface area contributed by atoms with Gasteiger partial charge in [0.25, 0.3) is 0 Å². The fourth-order valence-corrected chi connectivity index (χ4v) is 2.23. The molecule has 0 bridgehead atoms. The molecule has 0 radical (unpaired) electrons. The molecule has 0 aliphatic carbocycles. The number of hydrogen-bond donors (Lipinski definition) is 1. The SMILES string of the molecule is Cc1cccc(C(O)c2cnn(-c3ccccc3)c2)c1. The normalized spacial score (nSPS) is 12.3. The Morgan fingerprint density at radius 2 is 1.80 bits per heavy atom. The third-order valence-electron chi connectivity index (χ3n) is 3.30. The van der Waals surface area contributed by atoms with Crippen molar-refractivity contribution in [3.05, 3.63) is 83.7 Å². The molecular weight excluding hydrogens is 248 g/mol. The molecule has 3 aromatic rings. The molecule has 0 saturated carbocycles. The van der Waals surface area contributed by atoms with E-state index in [9.17, 15) is 5.11 Å². The number of aryl methyl sites for hydroxylation is 1. The number of aliphatic hydroxyl groups is 1. The van der Waals surface area contributed by atoms with Crippen LogP contribution in [0.5, 0.6) is 0 Å². The summed E-state index contributed by atoms with van der Waals surface area (Å²) in [5.74, 6) is 0. The van der Waals surface area contributed by atoms with E-state index in [2.05, 4.69) is 5.10 Å². The zero-order valence-electron chi connectivity index (χ0n) is 11.3. The zero-order valence-corrected chi connectivity index (χ0v) is 11.3. The van der Waals surface area contributed by atoms with Crippen LogP contribution in [-0.4, -0.2) is 14.9 Å². The van der Waals surface area contributed by atoms with Crippen molar-refractivity contribution < 1.29 is 5.11 Å². The molecule has 0 saturated heterocycles. The number of aromatic nitrogens is 2. The van der Waals surface area contributed by atoms with E-state index in [0.29, 0.717) is 0 Å². The molecule has 3 rings (SSSR count). The van der Waals surface area contributed by atoms with Gasteiger partial charge in [-0.1, -0.05) is 48.0 Å². The van der Waals surface area contributed by atoms with Gasteiger partial charge in [0.05, 0.1) is 11.9 Å². The first-order valence-corrected chi connectivity index (χ1v) is 6.58. The first kappa shape index (κ1) is 12.6. The smallest absolute Gasteiger partial charge is 0.107 e. The van der Waals surface area contributed by atoms with Crippen molar-refractivity contribution in [1.82, 2.24) is 9.78 Å². The second kappa shape index (κ2) is 5.31. The van der Waals surface area contributed by atoms with E-state index in [4.69, 9.17) is 0 Å². The quantitative estimate of drug-likeness (QED) is 0.788. The number of rotatable bonds is 3. The van der Waals surface area contributed by atoms with Gasteiger partial charge in [0, 0.05) is 11.8 Å². The van der Waals surface area contributed by atoms with Crippen molar-refractivity contribution >= 4 is 0 Å². The molecule has 1 N–H and O–H groups in total. The molecule has 0 amide bonds. The number of aliphatic hydroxyl groups excluding tert-OH is 1. The highest BCUT2D eigenvalue weighted by molar-refractivity contribution is 5.34. The molecule has 100 valence electrons. The molecular formula is C17H16N2O. The summed E-state index contributed by atoms with van der Waals surface area (Å²) in [6.45, 7) is 2.02. The van der Waals surface area contributed by atoms with Crippen molar-refractivity contribution in [1.29, 1.82) is 0 Å². The second-order valence-corrected chi connectivity index (χ2v) is 4.87. The van der Waals surface area contributed by atoms with E-state index in [1.165, 1.54) is 0 Å². The minimum atomic E-state index is -0.646. The highest BCUT2D eigenvalue weighted by Gasteiger charge is 2.13. The largest absolute Gasteiger partial charge is 0.384 e. The Hall–Kier alpha value is -2.39. The van der Waals surface area contributed by atoms with Crippen molar-refractivity contribution in [2.75, 3.05) is 0 Å². The summed E-state index contributed by atoms with van der Waals surface area (Å²) in [6.07, 6.45) is 2.93. The second-order valence-electron chi connectivity index (χ2n) is 4.87. The molecule has 2 aromatic carbocycles. The summed E-state index contributed by atoms with van der Waals surface area (Å²) >= 11 is 0. The lowest BCUT2D eigenvalue weighted by Crippen LogP contribution is -1.99. The van der Waals surface area contributed by atoms with Crippen LogP contribution in [0.4, 0.5) is 0 Å². The van der Waals surface area contributed by atoms with E-state index in [0.717, 1.165) is 22.4 Å². The van der Waals surface area contributed by atoms with Gasteiger partial charge in [-0.2, -0.15) is 5.10 Å². The van der Waals surface area contributed by atoms with Crippen molar-refractivity contribution in [3.8, 4) is 5.69 Å². The Kier molecular flexibility index (Phi) is 3.35. The van der Waals surface area contributed by atoms with E-state index in [1.54, 1.807) is 10.9 Å². The molecule has 1 atom stereocenters. The number of hydrogen-bond acceptors (Lipinski definition) is 2. The van der Waals surface area contributed by atoms with Crippen LogP contribution in [0, 0.1) is 6.92 Å². The van der Waals surface area contributed by atoms with Crippen molar-refractivity contribution in [2.24, 2.45) is 0 Å². The third-order valence-corrected chi connectivity index (χ3v) is 3.30. The van der Waals surface area contributed by atoms with Gasteiger partial charge < -0.3 is 5.11 Å². The van der Waals surface area contributed by atoms with Gasteiger partial charge in [0.1, 0.15) is 6.10 Å². The van der Waals surface area contributed by atoms with Crippen molar-refractivity contribution in [3.63, 3.8) is 0 Å². The number of nitrogens with zero attached hydrogens (tertiary/aromatic N) is 2. The lowest BCUT2D eigenvalue weighted by atomic mass is 10.0. The summed E-state index contributed by atoms with van der Waals surface area (Å²) in [7, 11) is 0. The average Bonchev–Trinajstić information content (AvgIpc) is 2.97. The molecule has 0 aliphatic heterocycles. The monoisotopic (exact) mass is 264 g/mol. The minimum Gasteiger partial charge on any atom is -0.384 e. The van der Waals surface area contributed by atoms with Crippen LogP contribution in [0.25, 0.3) is 5.69 Å². The zero-order chi connectivity index (χ0) is 13.9. The topological polar surface area (TPSA) is 38.1 Å². The summed E-state index contributed by atoms with van der Waals surface area (Å²) in [4.78, 5) is 0. The molecule has 1 heterocycles. The maximum atomic E-state index is 10.4. The Labute approximate surface area is 118 Å². The molecule has 3 heteroatoms. The first-order valence-electron chi connectivity index (χ1n) is 6.58.